The zero-order chi connectivity index (χ0) is 12.5. The molecule has 0 spiro atoms. The van der Waals surface area contributed by atoms with Gasteiger partial charge in [0.1, 0.15) is 23.9 Å². The number of benzene rings is 1. The van der Waals surface area contributed by atoms with Gasteiger partial charge in [0.05, 0.1) is 0 Å². The van der Waals surface area contributed by atoms with E-state index in [0.717, 1.165) is 29.5 Å². The van der Waals surface area contributed by atoms with E-state index in [-0.39, 0.29) is 0 Å². The summed E-state index contributed by atoms with van der Waals surface area (Å²) in [6, 6.07) is 6.21. The van der Waals surface area contributed by atoms with E-state index in [4.69, 9.17) is 15.5 Å². The van der Waals surface area contributed by atoms with Gasteiger partial charge in [-0.25, -0.2) is 4.99 Å². The van der Waals surface area contributed by atoms with Crippen LogP contribution in [0.4, 0.5) is 11.4 Å². The molecule has 1 fully saturated rings. The van der Waals surface area contributed by atoms with Crippen molar-refractivity contribution in [2.24, 2.45) is 4.99 Å². The summed E-state index contributed by atoms with van der Waals surface area (Å²) in [5, 5.41) is 0. The molecule has 3 rings (SSSR count). The van der Waals surface area contributed by atoms with Crippen LogP contribution in [0.5, 0.6) is 5.75 Å². The van der Waals surface area contributed by atoms with E-state index in [1.165, 1.54) is 19.3 Å². The SMILES string of the molecule is CC1CCCCN1C1=Nc2ccc(N)cc2OC1. The van der Waals surface area contributed by atoms with Gasteiger partial charge in [0.25, 0.3) is 0 Å². The number of amidine groups is 1. The van der Waals surface area contributed by atoms with E-state index in [9.17, 15) is 0 Å². The van der Waals surface area contributed by atoms with Gasteiger partial charge >= 0.3 is 0 Å². The lowest BCUT2D eigenvalue weighted by Gasteiger charge is -2.37. The number of rotatable bonds is 0. The molecule has 1 saturated heterocycles. The van der Waals surface area contributed by atoms with Crippen molar-refractivity contribution in [3.63, 3.8) is 0 Å². The van der Waals surface area contributed by atoms with E-state index in [1.807, 2.05) is 18.2 Å². The maximum absolute atomic E-state index is 5.77. The fourth-order valence-corrected chi connectivity index (χ4v) is 2.68. The molecule has 0 amide bonds. The van der Waals surface area contributed by atoms with E-state index in [1.54, 1.807) is 0 Å². The van der Waals surface area contributed by atoms with Crippen molar-refractivity contribution in [1.82, 2.24) is 4.90 Å². The lowest BCUT2D eigenvalue weighted by atomic mass is 10.0. The largest absolute Gasteiger partial charge is 0.483 e. The van der Waals surface area contributed by atoms with E-state index in [2.05, 4.69) is 11.8 Å². The molecule has 96 valence electrons. The van der Waals surface area contributed by atoms with Gasteiger partial charge in [-0.15, -0.1) is 0 Å². The maximum atomic E-state index is 5.77. The molecule has 2 heterocycles. The first-order chi connectivity index (χ1) is 8.74. The first-order valence-electron chi connectivity index (χ1n) is 6.60. The van der Waals surface area contributed by atoms with Crippen LogP contribution in [-0.4, -0.2) is 29.9 Å². The van der Waals surface area contributed by atoms with Crippen molar-refractivity contribution in [1.29, 1.82) is 0 Å². The van der Waals surface area contributed by atoms with Crippen molar-refractivity contribution in [2.75, 3.05) is 18.9 Å². The minimum atomic E-state index is 0.556. The summed E-state index contributed by atoms with van der Waals surface area (Å²) in [5.74, 6) is 1.85. The van der Waals surface area contributed by atoms with Gasteiger partial charge < -0.3 is 15.4 Å². The molecule has 18 heavy (non-hydrogen) atoms. The van der Waals surface area contributed by atoms with Gasteiger partial charge in [-0.1, -0.05) is 0 Å². The number of hydrogen-bond acceptors (Lipinski definition) is 4. The first-order valence-corrected chi connectivity index (χ1v) is 6.60. The number of anilines is 1. The molecule has 0 radical (unpaired) electrons. The molecular formula is C14H19N3O. The second-order valence-corrected chi connectivity index (χ2v) is 5.08. The number of aliphatic imine (C=N–C) groups is 1. The fraction of sp³-hybridized carbons (Fsp3) is 0.500. The summed E-state index contributed by atoms with van der Waals surface area (Å²) >= 11 is 0. The number of nitrogen functional groups attached to an aromatic ring is 1. The average molecular weight is 245 g/mol. The molecule has 0 aliphatic carbocycles. The first kappa shape index (κ1) is 11.4. The summed E-state index contributed by atoms with van der Waals surface area (Å²) in [6.45, 7) is 3.91. The Balaban J connectivity index is 1.88. The molecule has 1 atom stereocenters. The van der Waals surface area contributed by atoms with E-state index >= 15 is 0 Å². The van der Waals surface area contributed by atoms with Crippen LogP contribution in [0.25, 0.3) is 0 Å². The highest BCUT2D eigenvalue weighted by atomic mass is 16.5. The molecule has 2 aliphatic heterocycles. The van der Waals surface area contributed by atoms with Crippen LogP contribution >= 0.6 is 0 Å². The summed E-state index contributed by atoms with van der Waals surface area (Å²) in [6.07, 6.45) is 3.81. The molecule has 1 aromatic carbocycles. The molecule has 2 N–H and O–H groups in total. The summed E-state index contributed by atoms with van der Waals surface area (Å²) < 4.78 is 5.77. The molecule has 0 aromatic heterocycles. The van der Waals surface area contributed by atoms with Crippen molar-refractivity contribution in [2.45, 2.75) is 32.2 Å². The van der Waals surface area contributed by atoms with Crippen LogP contribution in [0.1, 0.15) is 26.2 Å². The standard InChI is InChI=1S/C14H19N3O/c1-10-4-2-3-7-17(10)14-9-18-13-8-11(15)5-6-12(13)16-14/h5-6,8,10H,2-4,7,9,15H2,1H3. The Kier molecular flexibility index (Phi) is 2.86. The molecule has 1 unspecified atom stereocenters. The van der Waals surface area contributed by atoms with Gasteiger partial charge in [0, 0.05) is 24.3 Å². The van der Waals surface area contributed by atoms with Crippen LogP contribution in [-0.2, 0) is 0 Å². The summed E-state index contributed by atoms with van der Waals surface area (Å²) in [7, 11) is 0. The minimum absolute atomic E-state index is 0.556. The lowest BCUT2D eigenvalue weighted by Crippen LogP contribution is -2.45. The van der Waals surface area contributed by atoms with Gasteiger partial charge in [-0.05, 0) is 38.3 Å². The second kappa shape index (κ2) is 4.52. The molecular weight excluding hydrogens is 226 g/mol. The number of likely N-dealkylation sites (tertiary alicyclic amines) is 1. The molecule has 4 heteroatoms. The number of ether oxygens (including phenoxy) is 1. The number of fused-ring (bicyclic) bond motifs is 1. The van der Waals surface area contributed by atoms with Crippen molar-refractivity contribution >= 4 is 17.2 Å². The Hall–Kier alpha value is -1.71. The van der Waals surface area contributed by atoms with Crippen LogP contribution in [0.3, 0.4) is 0 Å². The van der Waals surface area contributed by atoms with Gasteiger partial charge in [-0.3, -0.25) is 0 Å². The summed E-state index contributed by atoms with van der Waals surface area (Å²) in [4.78, 5) is 7.10. The van der Waals surface area contributed by atoms with Crippen LogP contribution < -0.4 is 10.5 Å². The normalized spacial score (nSPS) is 23.1. The third-order valence-corrected chi connectivity index (χ3v) is 3.72. The number of nitrogens with two attached hydrogens (primary N) is 1. The molecule has 2 aliphatic rings. The minimum Gasteiger partial charge on any atom is -0.483 e. The highest BCUT2D eigenvalue weighted by Crippen LogP contribution is 2.33. The zero-order valence-corrected chi connectivity index (χ0v) is 10.7. The Bertz CT molecular complexity index is 484. The average Bonchev–Trinajstić information content (AvgIpc) is 2.39. The van der Waals surface area contributed by atoms with Gasteiger partial charge in [0.2, 0.25) is 0 Å². The smallest absolute Gasteiger partial charge is 0.147 e. The molecule has 4 nitrogen and oxygen atoms in total. The molecule has 0 bridgehead atoms. The maximum Gasteiger partial charge on any atom is 0.147 e. The Morgan fingerprint density at radius 1 is 1.39 bits per heavy atom. The van der Waals surface area contributed by atoms with Crippen molar-refractivity contribution in [3.05, 3.63) is 18.2 Å². The predicted octanol–water partition coefficient (Wildman–Crippen LogP) is 2.57. The number of hydrogen-bond donors (Lipinski definition) is 1. The predicted molar refractivity (Wildman–Crippen MR) is 73.5 cm³/mol. The number of piperidine rings is 1. The van der Waals surface area contributed by atoms with E-state index in [0.29, 0.717) is 12.6 Å². The highest BCUT2D eigenvalue weighted by Gasteiger charge is 2.24. The molecule has 1 aromatic rings. The van der Waals surface area contributed by atoms with Crippen LogP contribution in [0, 0.1) is 0 Å². The quantitative estimate of drug-likeness (QED) is 0.715. The Morgan fingerprint density at radius 3 is 3.11 bits per heavy atom. The van der Waals surface area contributed by atoms with Crippen LogP contribution in [0.2, 0.25) is 0 Å². The van der Waals surface area contributed by atoms with Crippen LogP contribution in [0.15, 0.2) is 23.2 Å². The van der Waals surface area contributed by atoms with E-state index < -0.39 is 0 Å². The second-order valence-electron chi connectivity index (χ2n) is 5.08. The Labute approximate surface area is 107 Å². The Morgan fingerprint density at radius 2 is 2.28 bits per heavy atom. The highest BCUT2D eigenvalue weighted by molar-refractivity contribution is 5.89. The fourth-order valence-electron chi connectivity index (χ4n) is 2.68. The third kappa shape index (κ3) is 2.03. The molecule has 0 saturated carbocycles. The van der Waals surface area contributed by atoms with Gasteiger partial charge in [-0.2, -0.15) is 0 Å². The third-order valence-electron chi connectivity index (χ3n) is 3.72. The van der Waals surface area contributed by atoms with Gasteiger partial charge in [0.15, 0.2) is 0 Å². The summed E-state index contributed by atoms with van der Waals surface area (Å²) in [5.41, 5.74) is 7.36. The lowest BCUT2D eigenvalue weighted by molar-refractivity contribution is 0.237. The number of nitrogens with zero attached hydrogens (tertiary/aromatic N) is 2. The monoisotopic (exact) mass is 245 g/mol. The zero-order valence-electron chi connectivity index (χ0n) is 10.7. The topological polar surface area (TPSA) is 50.8 Å². The van der Waals surface area contributed by atoms with Crippen molar-refractivity contribution < 1.29 is 4.74 Å². The van der Waals surface area contributed by atoms with Crippen molar-refractivity contribution in [3.8, 4) is 5.75 Å².